The third kappa shape index (κ3) is 15.8. The second kappa shape index (κ2) is 27.2. The first-order valence-corrected chi connectivity index (χ1v) is 23.2. The van der Waals surface area contributed by atoms with Crippen molar-refractivity contribution < 1.29 is 9.47 Å². The van der Waals surface area contributed by atoms with Crippen LogP contribution in [0.15, 0.2) is 52.7 Å². The van der Waals surface area contributed by atoms with Crippen molar-refractivity contribution in [3.8, 4) is 21.9 Å². The molecule has 0 aliphatic carbocycles. The topological polar surface area (TPSA) is 63.7 Å². The molecule has 0 radical (unpaired) electrons. The van der Waals surface area contributed by atoms with E-state index in [2.05, 4.69) is 93.4 Å². The summed E-state index contributed by atoms with van der Waals surface area (Å²) >= 11 is 1.39. The summed E-state index contributed by atoms with van der Waals surface area (Å²) in [4.78, 5) is 11.8. The third-order valence-corrected chi connectivity index (χ3v) is 12.4. The fraction of sp³-hybridized carbons (Fsp3) is 0.667. The number of unbranched alkanes of at least 4 members (excludes halogenated alkanes) is 4. The Kier molecular flexibility index (Phi) is 22.8. The van der Waals surface area contributed by atoms with Crippen molar-refractivity contribution in [3.63, 3.8) is 0 Å². The van der Waals surface area contributed by atoms with Gasteiger partial charge in [-0.25, -0.2) is 0 Å². The molecule has 56 heavy (non-hydrogen) atoms. The number of thiazole rings is 1. The first-order valence-electron chi connectivity index (χ1n) is 22.4. The smallest absolute Gasteiger partial charge is 0.322 e. The van der Waals surface area contributed by atoms with E-state index in [-0.39, 0.29) is 0 Å². The van der Waals surface area contributed by atoms with Gasteiger partial charge >= 0.3 is 5.13 Å². The molecule has 0 bridgehead atoms. The summed E-state index contributed by atoms with van der Waals surface area (Å²) in [5.74, 6) is 4.34. The average molecular weight is 786 g/mol. The molecule has 2 aromatic carbocycles. The Hall–Kier alpha value is -3.44. The number of azo groups is 1. The van der Waals surface area contributed by atoms with Crippen LogP contribution in [0.4, 0.5) is 22.3 Å². The summed E-state index contributed by atoms with van der Waals surface area (Å²) in [5, 5.41) is 9.84. The molecule has 0 saturated heterocycles. The van der Waals surface area contributed by atoms with Crippen LogP contribution < -0.4 is 14.4 Å². The maximum Gasteiger partial charge on any atom is 0.322 e. The van der Waals surface area contributed by atoms with Gasteiger partial charge in [0.05, 0.1) is 18.1 Å². The molecule has 4 unspecified atom stereocenters. The minimum atomic E-state index is 0.342. The second-order valence-electron chi connectivity index (χ2n) is 15.8. The number of ether oxygens (including phenoxy) is 2. The van der Waals surface area contributed by atoms with Gasteiger partial charge < -0.3 is 19.2 Å². The standard InChI is InChI=1S/C48H75N5O2S/c1-10-18-22-37(14-5)33-53(34-38(15-6)23-19-11-2)42-28-31-44(45(32-42)55-36-40(17-8)25-21-13-4)51-52-48-50-47(49-9)46(56-48)41-26-29-43(30-27-41)54-35-39(16-7)24-20-12-3/h26-32,37-40H,10-25,33-36H2,1-8H3. The minimum Gasteiger partial charge on any atom is -0.493 e. The summed E-state index contributed by atoms with van der Waals surface area (Å²) in [6.07, 6.45) is 19.3. The lowest BCUT2D eigenvalue weighted by Crippen LogP contribution is -2.34. The van der Waals surface area contributed by atoms with Gasteiger partial charge in [0.15, 0.2) is 0 Å². The molecular weight excluding hydrogens is 711 g/mol. The van der Waals surface area contributed by atoms with E-state index in [1.807, 2.05) is 24.3 Å². The van der Waals surface area contributed by atoms with Gasteiger partial charge in [0.1, 0.15) is 17.2 Å². The highest BCUT2D eigenvalue weighted by Crippen LogP contribution is 2.42. The lowest BCUT2D eigenvalue weighted by Gasteiger charge is -2.33. The Labute approximate surface area is 345 Å². The molecule has 0 fully saturated rings. The molecule has 310 valence electrons. The Bertz CT molecular complexity index is 1550. The predicted octanol–water partition coefficient (Wildman–Crippen LogP) is 16.2. The molecule has 0 aliphatic heterocycles. The third-order valence-electron chi connectivity index (χ3n) is 11.5. The SMILES string of the molecule is [C-]#[N+]c1nc(N=Nc2ccc(N(CC(CC)CCCC)CC(CC)CCCC)cc2OCC(CC)CCCC)sc1-c1ccc(OCC(CC)CCCC)cc1. The largest absolute Gasteiger partial charge is 0.493 e. The average Bonchev–Trinajstić information content (AvgIpc) is 3.66. The number of rotatable bonds is 30. The Morgan fingerprint density at radius 1 is 0.661 bits per heavy atom. The van der Waals surface area contributed by atoms with Crippen molar-refractivity contribution >= 4 is 33.7 Å². The molecule has 0 aliphatic rings. The maximum absolute atomic E-state index is 7.88. The minimum absolute atomic E-state index is 0.342. The van der Waals surface area contributed by atoms with Gasteiger partial charge in [-0.1, -0.05) is 173 Å². The van der Waals surface area contributed by atoms with Gasteiger partial charge in [-0.2, -0.15) is 0 Å². The fourth-order valence-corrected chi connectivity index (χ4v) is 8.10. The van der Waals surface area contributed by atoms with E-state index >= 15 is 0 Å². The van der Waals surface area contributed by atoms with E-state index in [1.165, 1.54) is 100 Å². The zero-order valence-corrected chi connectivity index (χ0v) is 37.3. The number of nitrogens with zero attached hydrogens (tertiary/aromatic N) is 5. The Morgan fingerprint density at radius 2 is 1.18 bits per heavy atom. The van der Waals surface area contributed by atoms with E-state index in [9.17, 15) is 0 Å². The lowest BCUT2D eigenvalue weighted by atomic mass is 9.95. The van der Waals surface area contributed by atoms with E-state index in [4.69, 9.17) is 21.2 Å². The summed E-state index contributed by atoms with van der Waals surface area (Å²) in [6, 6.07) is 14.5. The van der Waals surface area contributed by atoms with Crippen LogP contribution in [0.3, 0.4) is 0 Å². The van der Waals surface area contributed by atoms with Crippen LogP contribution in [0.5, 0.6) is 11.5 Å². The van der Waals surface area contributed by atoms with Crippen LogP contribution in [0.2, 0.25) is 0 Å². The van der Waals surface area contributed by atoms with E-state index in [0.29, 0.717) is 46.9 Å². The number of anilines is 1. The molecule has 3 rings (SSSR count). The molecule has 1 heterocycles. The highest BCUT2D eigenvalue weighted by Gasteiger charge is 2.21. The molecule has 1 aromatic heterocycles. The zero-order chi connectivity index (χ0) is 40.5. The van der Waals surface area contributed by atoms with Crippen LogP contribution in [-0.2, 0) is 0 Å². The highest BCUT2D eigenvalue weighted by atomic mass is 32.1. The van der Waals surface area contributed by atoms with Crippen molar-refractivity contribution in [2.75, 3.05) is 31.2 Å². The number of benzene rings is 2. The molecule has 3 aromatic rings. The second-order valence-corrected chi connectivity index (χ2v) is 16.8. The Morgan fingerprint density at radius 3 is 1.68 bits per heavy atom. The van der Waals surface area contributed by atoms with Crippen molar-refractivity contribution in [2.24, 2.45) is 33.9 Å². The molecule has 0 amide bonds. The van der Waals surface area contributed by atoms with E-state index in [0.717, 1.165) is 60.9 Å². The van der Waals surface area contributed by atoms with Crippen LogP contribution >= 0.6 is 11.3 Å². The monoisotopic (exact) mass is 786 g/mol. The maximum atomic E-state index is 7.88. The van der Waals surface area contributed by atoms with Gasteiger partial charge in [-0.05, 0) is 79.2 Å². The zero-order valence-electron chi connectivity index (χ0n) is 36.5. The van der Waals surface area contributed by atoms with Crippen LogP contribution in [0.25, 0.3) is 15.3 Å². The molecule has 0 N–H and O–H groups in total. The molecule has 0 saturated carbocycles. The molecule has 4 atom stereocenters. The van der Waals surface area contributed by atoms with Gasteiger partial charge in [-0.15, -0.1) is 5.11 Å². The Balaban J connectivity index is 1.93. The van der Waals surface area contributed by atoms with E-state index < -0.39 is 0 Å². The molecule has 8 heteroatoms. The molecule has 7 nitrogen and oxygen atoms in total. The molecule has 0 spiro atoms. The van der Waals surface area contributed by atoms with Crippen molar-refractivity contribution in [1.82, 2.24) is 4.98 Å². The normalized spacial score (nSPS) is 13.7. The van der Waals surface area contributed by atoms with Crippen molar-refractivity contribution in [2.45, 2.75) is 158 Å². The van der Waals surface area contributed by atoms with Crippen LogP contribution in [0.1, 0.15) is 158 Å². The van der Waals surface area contributed by atoms with Gasteiger partial charge in [0, 0.05) is 24.8 Å². The predicted molar refractivity (Wildman–Crippen MR) is 241 cm³/mol. The van der Waals surface area contributed by atoms with Gasteiger partial charge in [-0.3, -0.25) is 0 Å². The van der Waals surface area contributed by atoms with E-state index in [1.54, 1.807) is 0 Å². The van der Waals surface area contributed by atoms with Gasteiger partial charge in [0.2, 0.25) is 0 Å². The number of hydrogen-bond donors (Lipinski definition) is 0. The van der Waals surface area contributed by atoms with Crippen LogP contribution in [-0.4, -0.2) is 31.3 Å². The van der Waals surface area contributed by atoms with Crippen molar-refractivity contribution in [3.05, 3.63) is 53.9 Å². The van der Waals surface area contributed by atoms with Gasteiger partial charge in [0.25, 0.3) is 5.82 Å². The lowest BCUT2D eigenvalue weighted by molar-refractivity contribution is 0.233. The first kappa shape index (κ1) is 46.9. The number of aromatic nitrogens is 1. The van der Waals surface area contributed by atoms with Crippen LogP contribution in [0, 0.1) is 30.2 Å². The first-order chi connectivity index (χ1) is 27.4. The summed E-state index contributed by atoms with van der Waals surface area (Å²) < 4.78 is 12.8. The fourth-order valence-electron chi connectivity index (χ4n) is 7.27. The number of hydrogen-bond acceptors (Lipinski definition) is 7. The quantitative estimate of drug-likeness (QED) is 0.0499. The van der Waals surface area contributed by atoms with Crippen molar-refractivity contribution in [1.29, 1.82) is 0 Å². The summed E-state index contributed by atoms with van der Waals surface area (Å²) in [7, 11) is 0. The highest BCUT2D eigenvalue weighted by molar-refractivity contribution is 7.19. The summed E-state index contributed by atoms with van der Waals surface area (Å²) in [6.45, 7) is 29.6. The molecular formula is C48H75N5O2S. The summed E-state index contributed by atoms with van der Waals surface area (Å²) in [5.41, 5.74) is 2.83.